The van der Waals surface area contributed by atoms with Gasteiger partial charge in [-0.1, -0.05) is 27.7 Å². The molecular weight excluding hydrogens is 344 g/mol. The summed E-state index contributed by atoms with van der Waals surface area (Å²) in [6, 6.07) is 0. The Morgan fingerprint density at radius 1 is 1.35 bits per heavy atom. The molecule has 1 aliphatic rings. The second-order valence-corrected chi connectivity index (χ2v) is 9.23. The summed E-state index contributed by atoms with van der Waals surface area (Å²) < 4.78 is 6.08. The summed E-state index contributed by atoms with van der Waals surface area (Å²) in [5.74, 6) is 1.39. The Labute approximate surface area is 163 Å². The van der Waals surface area contributed by atoms with Crippen LogP contribution in [0.2, 0.25) is 0 Å². The predicted octanol–water partition coefficient (Wildman–Crippen LogP) is 3.64. The third kappa shape index (κ3) is 6.54. The lowest BCUT2D eigenvalue weighted by Crippen LogP contribution is -2.43. The Balaban J connectivity index is 1.88. The van der Waals surface area contributed by atoms with Gasteiger partial charge in [0.05, 0.1) is 11.1 Å². The molecule has 148 valence electrons. The van der Waals surface area contributed by atoms with Crippen molar-refractivity contribution >= 4 is 17.3 Å². The molecule has 26 heavy (non-hydrogen) atoms. The maximum atomic E-state index is 6.08. The number of ether oxygens (including phenoxy) is 1. The highest BCUT2D eigenvalue weighted by atomic mass is 32.1. The van der Waals surface area contributed by atoms with Gasteiger partial charge in [-0.15, -0.1) is 11.3 Å². The number of aryl methyl sites for hydroxylation is 1. The van der Waals surface area contributed by atoms with Crippen LogP contribution in [0, 0.1) is 11.3 Å². The van der Waals surface area contributed by atoms with Gasteiger partial charge in [-0.3, -0.25) is 4.99 Å². The molecule has 0 aliphatic carbocycles. The Hall–Kier alpha value is -1.14. The largest absolute Gasteiger partial charge is 0.377 e. The quantitative estimate of drug-likeness (QED) is 0.560. The third-order valence-corrected chi connectivity index (χ3v) is 5.91. The summed E-state index contributed by atoms with van der Waals surface area (Å²) in [6.07, 6.45) is 6.62. The SMILES string of the molecule is CCNC(=NCC1CCCOC1C(C)(C)C)NCCc1ncc(CC)s1. The van der Waals surface area contributed by atoms with E-state index in [0.717, 1.165) is 51.5 Å². The fourth-order valence-corrected chi connectivity index (χ4v) is 4.31. The zero-order valence-electron chi connectivity index (χ0n) is 17.1. The van der Waals surface area contributed by atoms with Crippen molar-refractivity contribution in [2.75, 3.05) is 26.2 Å². The number of aliphatic imine (C=N–C) groups is 1. The summed E-state index contributed by atoms with van der Waals surface area (Å²) >= 11 is 1.81. The molecular formula is C20H36N4OS. The molecule has 0 amide bonds. The molecule has 2 unspecified atom stereocenters. The molecule has 0 aromatic carbocycles. The average molecular weight is 381 g/mol. The van der Waals surface area contributed by atoms with Crippen molar-refractivity contribution in [1.29, 1.82) is 0 Å². The van der Waals surface area contributed by atoms with E-state index in [4.69, 9.17) is 9.73 Å². The number of thiazole rings is 1. The van der Waals surface area contributed by atoms with Crippen molar-refractivity contribution in [2.45, 2.75) is 66.4 Å². The molecule has 0 bridgehead atoms. The molecule has 1 fully saturated rings. The van der Waals surface area contributed by atoms with Crippen LogP contribution in [0.5, 0.6) is 0 Å². The summed E-state index contributed by atoms with van der Waals surface area (Å²) in [4.78, 5) is 10.7. The number of rotatable bonds is 7. The molecule has 6 heteroatoms. The van der Waals surface area contributed by atoms with Crippen molar-refractivity contribution in [1.82, 2.24) is 15.6 Å². The minimum Gasteiger partial charge on any atom is -0.377 e. The molecule has 2 rings (SSSR count). The summed E-state index contributed by atoms with van der Waals surface area (Å²) in [6.45, 7) is 14.5. The van der Waals surface area contributed by atoms with Crippen molar-refractivity contribution in [2.24, 2.45) is 16.3 Å². The molecule has 0 spiro atoms. The van der Waals surface area contributed by atoms with Crippen LogP contribution < -0.4 is 10.6 Å². The van der Waals surface area contributed by atoms with Crippen LogP contribution >= 0.6 is 11.3 Å². The van der Waals surface area contributed by atoms with Gasteiger partial charge in [-0.05, 0) is 31.6 Å². The van der Waals surface area contributed by atoms with Gasteiger partial charge in [0.25, 0.3) is 0 Å². The van der Waals surface area contributed by atoms with Crippen LogP contribution in [0.15, 0.2) is 11.2 Å². The third-order valence-electron chi connectivity index (χ3n) is 4.71. The highest BCUT2D eigenvalue weighted by Gasteiger charge is 2.35. The van der Waals surface area contributed by atoms with Crippen LogP contribution in [0.3, 0.4) is 0 Å². The standard InChI is InChI=1S/C20H36N4OS/c1-6-16-14-23-17(26-16)10-11-22-19(21-7-2)24-13-15-9-8-12-25-18(15)20(3,4)5/h14-15,18H,6-13H2,1-5H3,(H2,21,22,24). The first-order valence-electron chi connectivity index (χ1n) is 10.0. The first-order chi connectivity index (χ1) is 12.4. The topological polar surface area (TPSA) is 58.5 Å². The van der Waals surface area contributed by atoms with Crippen molar-refractivity contribution < 1.29 is 4.74 Å². The lowest BCUT2D eigenvalue weighted by atomic mass is 9.78. The molecule has 5 nitrogen and oxygen atoms in total. The minimum absolute atomic E-state index is 0.161. The van der Waals surface area contributed by atoms with Crippen molar-refractivity contribution in [3.8, 4) is 0 Å². The zero-order valence-corrected chi connectivity index (χ0v) is 17.9. The number of guanidine groups is 1. The molecule has 1 aromatic heterocycles. The second kappa shape index (κ2) is 10.3. The first kappa shape index (κ1) is 21.2. The van der Waals surface area contributed by atoms with Crippen molar-refractivity contribution in [3.05, 3.63) is 16.1 Å². The molecule has 2 heterocycles. The minimum atomic E-state index is 0.161. The van der Waals surface area contributed by atoms with Gasteiger partial charge in [-0.2, -0.15) is 0 Å². The maximum absolute atomic E-state index is 6.08. The maximum Gasteiger partial charge on any atom is 0.191 e. The molecule has 2 atom stereocenters. The van der Waals surface area contributed by atoms with E-state index in [1.165, 1.54) is 16.3 Å². The summed E-state index contributed by atoms with van der Waals surface area (Å²) in [5, 5.41) is 8.01. The van der Waals surface area contributed by atoms with Gasteiger partial charge in [0.1, 0.15) is 0 Å². The van der Waals surface area contributed by atoms with Crippen LogP contribution in [0.25, 0.3) is 0 Å². The van der Waals surface area contributed by atoms with Gasteiger partial charge in [0.2, 0.25) is 0 Å². The highest BCUT2D eigenvalue weighted by molar-refractivity contribution is 7.11. The Morgan fingerprint density at radius 3 is 2.81 bits per heavy atom. The van der Waals surface area contributed by atoms with Gasteiger partial charge >= 0.3 is 0 Å². The van der Waals surface area contributed by atoms with E-state index in [1.54, 1.807) is 0 Å². The summed E-state index contributed by atoms with van der Waals surface area (Å²) in [7, 11) is 0. The van der Waals surface area contributed by atoms with Crippen molar-refractivity contribution in [3.63, 3.8) is 0 Å². The average Bonchev–Trinajstić information content (AvgIpc) is 3.07. The van der Waals surface area contributed by atoms with E-state index >= 15 is 0 Å². The van der Waals surface area contributed by atoms with E-state index in [9.17, 15) is 0 Å². The molecule has 0 radical (unpaired) electrons. The monoisotopic (exact) mass is 380 g/mol. The Morgan fingerprint density at radius 2 is 2.15 bits per heavy atom. The zero-order chi connectivity index (χ0) is 19.0. The molecule has 2 N–H and O–H groups in total. The second-order valence-electron chi connectivity index (χ2n) is 8.03. The van der Waals surface area contributed by atoms with E-state index in [0.29, 0.717) is 5.92 Å². The number of nitrogens with zero attached hydrogens (tertiary/aromatic N) is 2. The van der Waals surface area contributed by atoms with E-state index in [2.05, 4.69) is 50.2 Å². The van der Waals surface area contributed by atoms with Crippen LogP contribution in [0.4, 0.5) is 0 Å². The number of nitrogens with one attached hydrogen (secondary N) is 2. The fraction of sp³-hybridized carbons (Fsp3) is 0.800. The molecule has 0 saturated carbocycles. The smallest absolute Gasteiger partial charge is 0.191 e. The van der Waals surface area contributed by atoms with Gasteiger partial charge in [-0.25, -0.2) is 4.98 Å². The van der Waals surface area contributed by atoms with Gasteiger partial charge in [0, 0.05) is 49.7 Å². The number of hydrogen-bond acceptors (Lipinski definition) is 4. The summed E-state index contributed by atoms with van der Waals surface area (Å²) in [5.41, 5.74) is 0.161. The van der Waals surface area contributed by atoms with E-state index < -0.39 is 0 Å². The lowest BCUT2D eigenvalue weighted by Gasteiger charge is -2.39. The van der Waals surface area contributed by atoms with Crippen LogP contribution in [-0.4, -0.2) is 43.3 Å². The van der Waals surface area contributed by atoms with Gasteiger partial charge < -0.3 is 15.4 Å². The Bertz CT molecular complexity index is 564. The van der Waals surface area contributed by atoms with E-state index in [1.807, 2.05) is 17.5 Å². The molecule has 1 saturated heterocycles. The van der Waals surface area contributed by atoms with Gasteiger partial charge in [0.15, 0.2) is 5.96 Å². The van der Waals surface area contributed by atoms with Crippen LogP contribution in [0.1, 0.15) is 57.3 Å². The highest BCUT2D eigenvalue weighted by Crippen LogP contribution is 2.34. The fourth-order valence-electron chi connectivity index (χ4n) is 3.45. The first-order valence-corrected chi connectivity index (χ1v) is 10.8. The Kier molecular flexibility index (Phi) is 8.35. The van der Waals surface area contributed by atoms with E-state index in [-0.39, 0.29) is 11.5 Å². The molecule has 1 aromatic rings. The number of hydrogen-bond donors (Lipinski definition) is 2. The molecule has 1 aliphatic heterocycles. The van der Waals surface area contributed by atoms with Crippen LogP contribution in [-0.2, 0) is 17.6 Å². The normalized spacial score (nSPS) is 21.7. The lowest BCUT2D eigenvalue weighted by molar-refractivity contribution is -0.0823. The number of aromatic nitrogens is 1. The predicted molar refractivity (Wildman–Crippen MR) is 111 cm³/mol.